The van der Waals surface area contributed by atoms with E-state index in [-0.39, 0.29) is 24.9 Å². The highest BCUT2D eigenvalue weighted by Gasteiger charge is 2.12. The second-order valence-electron chi connectivity index (χ2n) is 6.55. The normalized spacial score (nSPS) is 10.2. The number of hydrogen-bond acceptors (Lipinski definition) is 5. The molecule has 3 amide bonds. The van der Waals surface area contributed by atoms with E-state index in [1.165, 1.54) is 0 Å². The summed E-state index contributed by atoms with van der Waals surface area (Å²) in [5.41, 5.74) is 2.58. The molecule has 8 nitrogen and oxygen atoms in total. The number of amides is 3. The van der Waals surface area contributed by atoms with Crippen molar-refractivity contribution in [1.29, 1.82) is 0 Å². The molecule has 3 rings (SSSR count). The summed E-state index contributed by atoms with van der Waals surface area (Å²) in [6, 6.07) is 12.0. The number of carbonyl (C=O) groups is 2. The number of aromatic hydroxyl groups is 1. The van der Waals surface area contributed by atoms with Gasteiger partial charge in [-0.1, -0.05) is 30.2 Å². The molecule has 0 radical (unpaired) electrons. The zero-order valence-electron chi connectivity index (χ0n) is 16.9. The Balaban J connectivity index is 2.00. The monoisotopic (exact) mass is 418 g/mol. The number of ether oxygens (including phenoxy) is 1. The summed E-state index contributed by atoms with van der Waals surface area (Å²) in [6.45, 7) is 2.41. The number of aromatic nitrogens is 1. The van der Waals surface area contributed by atoms with Gasteiger partial charge in [-0.05, 0) is 47.2 Å². The van der Waals surface area contributed by atoms with Crippen LogP contribution in [-0.2, 0) is 11.3 Å². The molecule has 0 bridgehead atoms. The Kier molecular flexibility index (Phi) is 6.91. The van der Waals surface area contributed by atoms with Crippen molar-refractivity contribution < 1.29 is 19.4 Å². The van der Waals surface area contributed by atoms with Crippen LogP contribution < -0.4 is 16.0 Å². The van der Waals surface area contributed by atoms with Gasteiger partial charge < -0.3 is 20.5 Å². The summed E-state index contributed by atoms with van der Waals surface area (Å²) in [7, 11) is 0. The minimum atomic E-state index is -0.615. The van der Waals surface area contributed by atoms with E-state index in [0.29, 0.717) is 12.4 Å². The third-order valence-corrected chi connectivity index (χ3v) is 4.46. The van der Waals surface area contributed by atoms with E-state index in [4.69, 9.17) is 11.2 Å². The second-order valence-corrected chi connectivity index (χ2v) is 6.55. The van der Waals surface area contributed by atoms with Gasteiger partial charge in [0.15, 0.2) is 6.61 Å². The number of hydrogen-bond donors (Lipinski definition) is 4. The summed E-state index contributed by atoms with van der Waals surface area (Å²) in [5, 5.41) is 19.3. The van der Waals surface area contributed by atoms with Crippen molar-refractivity contribution in [3.05, 3.63) is 54.2 Å². The Morgan fingerprint density at radius 2 is 1.90 bits per heavy atom. The molecule has 0 saturated heterocycles. The van der Waals surface area contributed by atoms with Gasteiger partial charge in [-0.15, -0.1) is 6.42 Å². The Morgan fingerprint density at radius 3 is 2.61 bits per heavy atom. The van der Waals surface area contributed by atoms with E-state index in [1.807, 2.05) is 19.1 Å². The van der Waals surface area contributed by atoms with Gasteiger partial charge in [-0.2, -0.15) is 0 Å². The number of phenols is 1. The minimum absolute atomic E-state index is 0.108. The van der Waals surface area contributed by atoms with Gasteiger partial charge in [0, 0.05) is 24.7 Å². The molecular weight excluding hydrogens is 396 g/mol. The van der Waals surface area contributed by atoms with Crippen LogP contribution >= 0.6 is 0 Å². The number of benzene rings is 2. The van der Waals surface area contributed by atoms with Gasteiger partial charge in [0.25, 0.3) is 0 Å². The van der Waals surface area contributed by atoms with Crippen molar-refractivity contribution in [3.8, 4) is 29.2 Å². The summed E-state index contributed by atoms with van der Waals surface area (Å²) in [6.07, 6.45) is 6.12. The van der Waals surface area contributed by atoms with Crippen LogP contribution in [0.2, 0.25) is 0 Å². The Hall–Kier alpha value is -4.25. The molecule has 0 unspecified atom stereocenters. The molecule has 3 aromatic rings. The molecule has 0 saturated carbocycles. The lowest BCUT2D eigenvalue weighted by atomic mass is 9.96. The number of nitrogens with zero attached hydrogens (tertiary/aromatic N) is 1. The number of nitrogens with one attached hydrogen (secondary N) is 3. The molecule has 4 N–H and O–H groups in total. The summed E-state index contributed by atoms with van der Waals surface area (Å²) in [4.78, 5) is 28.0. The van der Waals surface area contributed by atoms with E-state index >= 15 is 0 Å². The van der Waals surface area contributed by atoms with Crippen LogP contribution in [-0.4, -0.2) is 35.4 Å². The van der Waals surface area contributed by atoms with Gasteiger partial charge in [-0.3, -0.25) is 5.32 Å². The summed E-state index contributed by atoms with van der Waals surface area (Å²) >= 11 is 0. The van der Waals surface area contributed by atoms with Crippen LogP contribution in [0.5, 0.6) is 5.75 Å². The van der Waals surface area contributed by atoms with Crippen molar-refractivity contribution in [2.75, 3.05) is 18.5 Å². The van der Waals surface area contributed by atoms with Crippen LogP contribution in [0.3, 0.4) is 0 Å². The standard InChI is InChI=1S/C23H22N4O4/c1-3-11-31-23(30)26-13-16-7-10-18(15-5-8-17(28)9-6-15)19-12-21(25-14-20(16)19)27-22(29)24-4-2/h1,5-10,12,14,28H,4,11,13H2,2H3,(H,26,30)(H2,24,25,27,29). The molecule has 0 aliphatic heterocycles. The molecule has 0 atom stereocenters. The van der Waals surface area contributed by atoms with Gasteiger partial charge in [0.2, 0.25) is 0 Å². The maximum atomic E-state index is 11.9. The zero-order valence-corrected chi connectivity index (χ0v) is 16.9. The molecular formula is C23H22N4O4. The molecule has 31 heavy (non-hydrogen) atoms. The fourth-order valence-electron chi connectivity index (χ4n) is 3.06. The molecule has 0 aliphatic carbocycles. The number of urea groups is 1. The molecule has 2 aromatic carbocycles. The maximum absolute atomic E-state index is 11.9. The van der Waals surface area contributed by atoms with Crippen LogP contribution in [0.25, 0.3) is 21.9 Å². The zero-order chi connectivity index (χ0) is 22.2. The Bertz CT molecular complexity index is 1140. The first-order valence-corrected chi connectivity index (χ1v) is 9.61. The molecule has 0 fully saturated rings. The first kappa shape index (κ1) is 21.5. The first-order valence-electron chi connectivity index (χ1n) is 9.61. The molecule has 0 spiro atoms. The predicted octanol–water partition coefficient (Wildman–Crippen LogP) is 3.61. The molecule has 0 aliphatic rings. The average molecular weight is 418 g/mol. The van der Waals surface area contributed by atoms with Gasteiger partial charge in [-0.25, -0.2) is 14.6 Å². The highest BCUT2D eigenvalue weighted by molar-refractivity contribution is 6.01. The van der Waals surface area contributed by atoms with Crippen molar-refractivity contribution in [3.63, 3.8) is 0 Å². The SMILES string of the molecule is C#CCOC(=O)NCc1ccc(-c2ccc(O)cc2)c2cc(NC(=O)NCC)ncc12. The quantitative estimate of drug-likeness (QED) is 0.457. The number of pyridine rings is 1. The topological polar surface area (TPSA) is 113 Å². The highest BCUT2D eigenvalue weighted by Crippen LogP contribution is 2.32. The van der Waals surface area contributed by atoms with E-state index < -0.39 is 6.09 Å². The summed E-state index contributed by atoms with van der Waals surface area (Å²) < 4.78 is 4.84. The van der Waals surface area contributed by atoms with Gasteiger partial charge in [0.1, 0.15) is 11.6 Å². The lowest BCUT2D eigenvalue weighted by Gasteiger charge is -2.14. The smallest absolute Gasteiger partial charge is 0.408 e. The average Bonchev–Trinajstić information content (AvgIpc) is 2.76. The lowest BCUT2D eigenvalue weighted by molar-refractivity contribution is 0.159. The van der Waals surface area contributed by atoms with Gasteiger partial charge >= 0.3 is 12.1 Å². The Labute approximate surface area is 179 Å². The van der Waals surface area contributed by atoms with Crippen LogP contribution in [0, 0.1) is 12.3 Å². The molecule has 1 aromatic heterocycles. The Morgan fingerprint density at radius 1 is 1.13 bits per heavy atom. The number of phenolic OH excluding ortho intramolecular Hbond substituents is 1. The number of rotatable bonds is 6. The van der Waals surface area contributed by atoms with Crippen molar-refractivity contribution in [2.45, 2.75) is 13.5 Å². The van der Waals surface area contributed by atoms with Crippen molar-refractivity contribution in [1.82, 2.24) is 15.6 Å². The number of fused-ring (bicyclic) bond motifs is 1. The number of carbonyl (C=O) groups excluding carboxylic acids is 2. The van der Waals surface area contributed by atoms with E-state index in [2.05, 4.69) is 26.9 Å². The summed E-state index contributed by atoms with van der Waals surface area (Å²) in [5.74, 6) is 2.79. The molecule has 1 heterocycles. The van der Waals surface area contributed by atoms with Gasteiger partial charge in [0.05, 0.1) is 0 Å². The third-order valence-electron chi connectivity index (χ3n) is 4.46. The van der Waals surface area contributed by atoms with E-state index in [9.17, 15) is 14.7 Å². The first-order chi connectivity index (χ1) is 15.0. The second kappa shape index (κ2) is 9.98. The number of terminal acetylenes is 1. The minimum Gasteiger partial charge on any atom is -0.508 e. The fourth-order valence-corrected chi connectivity index (χ4v) is 3.06. The van der Waals surface area contributed by atoms with E-state index in [1.54, 1.807) is 36.5 Å². The highest BCUT2D eigenvalue weighted by atomic mass is 16.5. The molecule has 158 valence electrons. The largest absolute Gasteiger partial charge is 0.508 e. The fraction of sp³-hybridized carbons (Fsp3) is 0.174. The van der Waals surface area contributed by atoms with E-state index in [0.717, 1.165) is 27.5 Å². The third kappa shape index (κ3) is 5.42. The van der Waals surface area contributed by atoms with Crippen LogP contribution in [0.4, 0.5) is 15.4 Å². The number of anilines is 1. The lowest BCUT2D eigenvalue weighted by Crippen LogP contribution is -2.28. The van der Waals surface area contributed by atoms with Crippen LogP contribution in [0.1, 0.15) is 12.5 Å². The van der Waals surface area contributed by atoms with Crippen molar-refractivity contribution in [2.24, 2.45) is 0 Å². The predicted molar refractivity (Wildman–Crippen MR) is 119 cm³/mol. The van der Waals surface area contributed by atoms with Crippen LogP contribution in [0.15, 0.2) is 48.7 Å². The van der Waals surface area contributed by atoms with Crippen molar-refractivity contribution >= 4 is 28.7 Å². The number of alkyl carbamates (subject to hydrolysis) is 1. The maximum Gasteiger partial charge on any atom is 0.408 e. The molecule has 8 heteroatoms.